The van der Waals surface area contributed by atoms with Gasteiger partial charge in [0.05, 0.1) is 42.5 Å². The van der Waals surface area contributed by atoms with Crippen LogP contribution in [-0.2, 0) is 19.0 Å². The number of rotatable bonds is 9. The van der Waals surface area contributed by atoms with Gasteiger partial charge in [0.25, 0.3) is 0 Å². The molecule has 0 N–H and O–H groups in total. The fraction of sp³-hybridized carbons (Fsp3) is 0.676. The third-order valence-electron chi connectivity index (χ3n) is 8.91. The maximum atomic E-state index is 13.7. The topological polar surface area (TPSA) is 83.0 Å². The van der Waals surface area contributed by atoms with Gasteiger partial charge in [-0.05, 0) is 91.2 Å². The lowest BCUT2D eigenvalue weighted by atomic mass is 9.76. The highest BCUT2D eigenvalue weighted by atomic mass is 16.6. The molecule has 0 amide bonds. The van der Waals surface area contributed by atoms with Crippen molar-refractivity contribution >= 4 is 11.7 Å². The summed E-state index contributed by atoms with van der Waals surface area (Å²) < 4.78 is 23.8. The summed E-state index contributed by atoms with van der Waals surface area (Å²) in [5, 5.41) is 0. The number of piperidine rings is 1. The van der Waals surface area contributed by atoms with E-state index in [1.54, 1.807) is 6.20 Å². The van der Waals surface area contributed by atoms with E-state index in [0.29, 0.717) is 17.9 Å². The van der Waals surface area contributed by atoms with Gasteiger partial charge in [0.2, 0.25) is 0 Å². The van der Waals surface area contributed by atoms with E-state index >= 15 is 0 Å². The van der Waals surface area contributed by atoms with E-state index in [1.165, 1.54) is 25.7 Å². The van der Waals surface area contributed by atoms with Gasteiger partial charge in [-0.1, -0.05) is 12.8 Å². The van der Waals surface area contributed by atoms with Crippen molar-refractivity contribution in [2.24, 2.45) is 11.3 Å². The largest absolute Gasteiger partial charge is 0.492 e. The van der Waals surface area contributed by atoms with Crippen molar-refractivity contribution in [3.8, 4) is 17.0 Å². The Hall–Kier alpha value is -2.71. The molecule has 0 radical (unpaired) electrons. The Kier molecular flexibility index (Phi) is 9.43. The maximum absolute atomic E-state index is 13.7. The molecule has 2 saturated heterocycles. The van der Waals surface area contributed by atoms with Crippen LogP contribution in [-0.4, -0.2) is 60.6 Å². The molecular weight excluding hydrogens is 530 g/mol. The number of anilines is 1. The Bertz CT molecular complexity index is 1200. The van der Waals surface area contributed by atoms with Crippen molar-refractivity contribution in [2.45, 2.75) is 104 Å². The highest BCUT2D eigenvalue weighted by Crippen LogP contribution is 2.49. The number of carbonyl (C=O) groups is 1. The van der Waals surface area contributed by atoms with Crippen LogP contribution < -0.4 is 9.64 Å². The summed E-state index contributed by atoms with van der Waals surface area (Å²) >= 11 is 0. The number of hydrogen-bond donors (Lipinski definition) is 0. The minimum Gasteiger partial charge on any atom is -0.492 e. The van der Waals surface area contributed by atoms with Gasteiger partial charge in [-0.15, -0.1) is 0 Å². The Balaban J connectivity index is 1.53. The van der Waals surface area contributed by atoms with E-state index in [9.17, 15) is 4.79 Å². The van der Waals surface area contributed by atoms with Crippen molar-refractivity contribution in [1.82, 2.24) is 9.97 Å². The number of carbonyl (C=O) groups excluding carboxylic acids is 1. The predicted molar refractivity (Wildman–Crippen MR) is 164 cm³/mol. The molecular formula is C34H49N3O5. The summed E-state index contributed by atoms with van der Waals surface area (Å²) in [5.41, 5.74) is 4.10. The average Bonchev–Trinajstić information content (AvgIpc) is 3.63. The molecule has 3 fully saturated rings. The monoisotopic (exact) mass is 579 g/mol. The summed E-state index contributed by atoms with van der Waals surface area (Å²) in [7, 11) is 0. The lowest BCUT2D eigenvalue weighted by molar-refractivity contribution is -0.171. The molecule has 4 heterocycles. The number of ether oxygens (including phenoxy) is 4. The Labute approximate surface area is 251 Å². The number of aryl methyl sites for hydroxylation is 1. The third kappa shape index (κ3) is 7.25. The molecule has 0 bridgehead atoms. The number of hydrogen-bond acceptors (Lipinski definition) is 8. The van der Waals surface area contributed by atoms with Gasteiger partial charge in [0.1, 0.15) is 5.75 Å². The normalized spacial score (nSPS) is 21.2. The van der Waals surface area contributed by atoms with E-state index in [-0.39, 0.29) is 12.1 Å². The van der Waals surface area contributed by atoms with Crippen LogP contribution in [0.15, 0.2) is 24.5 Å². The second-order valence-corrected chi connectivity index (χ2v) is 13.7. The standard InChI is InChI=1S/C34H49N3O5/c1-23(2)41-32(38)31(42-33(4,5)6)29-24(3)35-20-27(30(29)37-16-14-34(15-17-37)12-7-8-13-34)28-10-9-26(19-36-28)40-22-25-11-18-39-21-25/h9-10,19-20,23,25,31H,7-8,11-18,21-22H2,1-6H3/t25?,31-/m0/s1. The molecule has 42 heavy (non-hydrogen) atoms. The van der Waals surface area contributed by atoms with Gasteiger partial charge in [0, 0.05) is 48.6 Å². The summed E-state index contributed by atoms with van der Waals surface area (Å²) in [4.78, 5) is 25.7. The van der Waals surface area contributed by atoms with Crippen LogP contribution in [0.2, 0.25) is 0 Å². The van der Waals surface area contributed by atoms with Crippen molar-refractivity contribution in [1.29, 1.82) is 0 Å². The molecule has 1 spiro atoms. The van der Waals surface area contributed by atoms with Crippen molar-refractivity contribution in [2.75, 3.05) is 37.8 Å². The first-order valence-electron chi connectivity index (χ1n) is 15.8. The van der Waals surface area contributed by atoms with E-state index in [2.05, 4.69) is 4.90 Å². The SMILES string of the molecule is Cc1ncc(-c2ccc(OCC3CCOC3)cn2)c(N2CCC3(CCCC3)CC2)c1[C@H](OC(C)(C)C)C(=O)OC(C)C. The van der Waals surface area contributed by atoms with Gasteiger partial charge < -0.3 is 23.8 Å². The Morgan fingerprint density at radius 2 is 1.83 bits per heavy atom. The van der Waals surface area contributed by atoms with Gasteiger partial charge >= 0.3 is 5.97 Å². The first-order valence-corrected chi connectivity index (χ1v) is 15.8. The zero-order chi connectivity index (χ0) is 29.9. The first-order chi connectivity index (χ1) is 20.0. The molecule has 1 unspecified atom stereocenters. The summed E-state index contributed by atoms with van der Waals surface area (Å²) in [5.74, 6) is 0.774. The molecule has 0 aromatic carbocycles. The predicted octanol–water partition coefficient (Wildman–Crippen LogP) is 6.84. The molecule has 8 nitrogen and oxygen atoms in total. The first kappa shape index (κ1) is 30.7. The van der Waals surface area contributed by atoms with Crippen LogP contribution in [0.4, 0.5) is 5.69 Å². The Morgan fingerprint density at radius 1 is 1.10 bits per heavy atom. The van der Waals surface area contributed by atoms with Gasteiger partial charge in [-0.2, -0.15) is 0 Å². The van der Waals surface area contributed by atoms with E-state index in [1.807, 2.05) is 59.9 Å². The van der Waals surface area contributed by atoms with Crippen molar-refractivity contribution in [3.05, 3.63) is 35.8 Å². The van der Waals surface area contributed by atoms with E-state index in [4.69, 9.17) is 28.9 Å². The molecule has 2 aliphatic heterocycles. The zero-order valence-electron chi connectivity index (χ0n) is 26.4. The van der Waals surface area contributed by atoms with Crippen molar-refractivity contribution in [3.63, 3.8) is 0 Å². The Morgan fingerprint density at radius 3 is 2.43 bits per heavy atom. The van der Waals surface area contributed by atoms with E-state index in [0.717, 1.165) is 79.5 Å². The fourth-order valence-corrected chi connectivity index (χ4v) is 6.71. The van der Waals surface area contributed by atoms with Crippen LogP contribution in [0.1, 0.15) is 96.9 Å². The van der Waals surface area contributed by atoms with Gasteiger partial charge in [0.15, 0.2) is 6.10 Å². The second-order valence-electron chi connectivity index (χ2n) is 13.7. The van der Waals surface area contributed by atoms with Gasteiger partial charge in [-0.3, -0.25) is 9.97 Å². The smallest absolute Gasteiger partial charge is 0.340 e. The lowest BCUT2D eigenvalue weighted by Gasteiger charge is -2.42. The maximum Gasteiger partial charge on any atom is 0.340 e. The zero-order valence-corrected chi connectivity index (χ0v) is 26.4. The molecule has 3 aliphatic rings. The third-order valence-corrected chi connectivity index (χ3v) is 8.91. The lowest BCUT2D eigenvalue weighted by Crippen LogP contribution is -2.40. The molecule has 2 aromatic heterocycles. The minimum absolute atomic E-state index is 0.259. The molecule has 1 saturated carbocycles. The van der Waals surface area contributed by atoms with Crippen molar-refractivity contribution < 1.29 is 23.7 Å². The fourth-order valence-electron chi connectivity index (χ4n) is 6.71. The molecule has 230 valence electrons. The molecule has 5 rings (SSSR count). The highest BCUT2D eigenvalue weighted by molar-refractivity contribution is 5.86. The molecule has 1 aliphatic carbocycles. The molecule has 2 atom stereocenters. The molecule has 2 aromatic rings. The number of pyridine rings is 2. The number of esters is 1. The quantitative estimate of drug-likeness (QED) is 0.299. The van der Waals surface area contributed by atoms with E-state index < -0.39 is 11.7 Å². The summed E-state index contributed by atoms with van der Waals surface area (Å²) in [6, 6.07) is 3.97. The minimum atomic E-state index is -0.909. The number of nitrogens with zero attached hydrogens (tertiary/aromatic N) is 3. The average molecular weight is 580 g/mol. The highest BCUT2D eigenvalue weighted by Gasteiger charge is 2.40. The van der Waals surface area contributed by atoms with Crippen LogP contribution in [0, 0.1) is 18.3 Å². The summed E-state index contributed by atoms with van der Waals surface area (Å²) in [6.07, 6.45) is 11.2. The van der Waals surface area contributed by atoms with Crippen LogP contribution in [0.25, 0.3) is 11.3 Å². The van der Waals surface area contributed by atoms with Crippen LogP contribution >= 0.6 is 0 Å². The summed E-state index contributed by atoms with van der Waals surface area (Å²) in [6.45, 7) is 15.6. The second kappa shape index (κ2) is 12.9. The molecule has 8 heteroatoms. The van der Waals surface area contributed by atoms with Crippen LogP contribution in [0.3, 0.4) is 0 Å². The van der Waals surface area contributed by atoms with Gasteiger partial charge in [-0.25, -0.2) is 4.79 Å². The number of aromatic nitrogens is 2. The van der Waals surface area contributed by atoms with Crippen LogP contribution in [0.5, 0.6) is 5.75 Å².